The van der Waals surface area contributed by atoms with Gasteiger partial charge in [0.05, 0.1) is 33.1 Å². The Kier molecular flexibility index (Phi) is 8.78. The number of nitrogens with zero attached hydrogens (tertiary/aromatic N) is 5. The van der Waals surface area contributed by atoms with Crippen LogP contribution in [0.3, 0.4) is 0 Å². The number of fused-ring (bicyclic) bond motifs is 8. The molecule has 5 nitrogen and oxygen atoms in total. The molecule has 0 amide bonds. The number of hydrogen-bond donors (Lipinski definition) is 0. The Morgan fingerprint density at radius 3 is 1.26 bits per heavy atom. The van der Waals surface area contributed by atoms with Crippen LogP contribution >= 0.6 is 0 Å². The maximum atomic E-state index is 5.43. The van der Waals surface area contributed by atoms with Gasteiger partial charge in [0.15, 0.2) is 0 Å². The van der Waals surface area contributed by atoms with Crippen LogP contribution in [-0.4, -0.2) is 18.5 Å². The van der Waals surface area contributed by atoms with E-state index < -0.39 is 0 Å². The summed E-state index contributed by atoms with van der Waals surface area (Å²) in [7, 11) is 0. The molecule has 310 valence electrons. The average Bonchev–Trinajstić information content (AvgIpc) is 4.04. The van der Waals surface area contributed by atoms with Crippen molar-refractivity contribution in [3.05, 3.63) is 249 Å². The highest BCUT2D eigenvalue weighted by Gasteiger charge is 2.22. The molecule has 0 aliphatic heterocycles. The minimum atomic E-state index is 0.856. The molecule has 3 heterocycles. The maximum Gasteiger partial charge on any atom is 0.220 e. The SMILES string of the molecule is c1ccc(-c2ccc(N(c3ccc(-c4ccccc4)cc3)c3ccc4c(c3)n3c5cc(-n6c7ccccc7c7ccccc76)ccc5nc3n4-c3ccc(-c4ccccc4)cc3)cc2)cc1. The molecular formula is C61H41N5. The summed E-state index contributed by atoms with van der Waals surface area (Å²) >= 11 is 0. The highest BCUT2D eigenvalue weighted by Crippen LogP contribution is 2.41. The van der Waals surface area contributed by atoms with Gasteiger partial charge in [0.1, 0.15) is 0 Å². The first-order chi connectivity index (χ1) is 32.7. The Labute approximate surface area is 381 Å². The number of hydrogen-bond acceptors (Lipinski definition) is 2. The Hall–Kier alpha value is -8.93. The number of aromatic nitrogens is 4. The molecule has 3 aromatic heterocycles. The van der Waals surface area contributed by atoms with Gasteiger partial charge in [-0.25, -0.2) is 4.98 Å². The summed E-state index contributed by atoms with van der Waals surface area (Å²) in [6.45, 7) is 0. The first kappa shape index (κ1) is 37.6. The van der Waals surface area contributed by atoms with Crippen LogP contribution in [-0.2, 0) is 0 Å². The lowest BCUT2D eigenvalue weighted by Gasteiger charge is -2.26. The molecule has 0 unspecified atom stereocenters. The molecule has 0 spiro atoms. The van der Waals surface area contributed by atoms with Gasteiger partial charge in [-0.2, -0.15) is 0 Å². The molecule has 0 radical (unpaired) electrons. The van der Waals surface area contributed by atoms with Gasteiger partial charge in [-0.3, -0.25) is 8.97 Å². The van der Waals surface area contributed by atoms with E-state index in [1.165, 1.54) is 55.2 Å². The third-order valence-electron chi connectivity index (χ3n) is 13.1. The molecule has 0 atom stereocenters. The van der Waals surface area contributed by atoms with Crippen LogP contribution in [0.2, 0.25) is 0 Å². The van der Waals surface area contributed by atoms with Crippen molar-refractivity contribution in [3.8, 4) is 44.8 Å². The van der Waals surface area contributed by atoms with Gasteiger partial charge < -0.3 is 9.47 Å². The maximum absolute atomic E-state index is 5.43. The van der Waals surface area contributed by atoms with Crippen molar-refractivity contribution in [1.82, 2.24) is 18.5 Å². The first-order valence-electron chi connectivity index (χ1n) is 22.5. The highest BCUT2D eigenvalue weighted by atomic mass is 15.2. The van der Waals surface area contributed by atoms with E-state index in [9.17, 15) is 0 Å². The summed E-state index contributed by atoms with van der Waals surface area (Å²) in [4.78, 5) is 7.79. The van der Waals surface area contributed by atoms with Crippen molar-refractivity contribution in [2.45, 2.75) is 0 Å². The third-order valence-corrected chi connectivity index (χ3v) is 13.1. The average molecular weight is 844 g/mol. The lowest BCUT2D eigenvalue weighted by Crippen LogP contribution is -2.10. The molecule has 10 aromatic carbocycles. The zero-order valence-corrected chi connectivity index (χ0v) is 35.9. The predicted octanol–water partition coefficient (Wildman–Crippen LogP) is 16.0. The molecule has 66 heavy (non-hydrogen) atoms. The normalized spacial score (nSPS) is 11.6. The van der Waals surface area contributed by atoms with E-state index in [0.717, 1.165) is 56.3 Å². The van der Waals surface area contributed by atoms with Crippen molar-refractivity contribution in [3.63, 3.8) is 0 Å². The van der Waals surface area contributed by atoms with Crippen LogP contribution in [0.4, 0.5) is 17.1 Å². The minimum absolute atomic E-state index is 0.856. The lowest BCUT2D eigenvalue weighted by atomic mass is 10.0. The van der Waals surface area contributed by atoms with Gasteiger partial charge in [-0.15, -0.1) is 0 Å². The Morgan fingerprint density at radius 2 is 0.727 bits per heavy atom. The van der Waals surface area contributed by atoms with Crippen LogP contribution in [0.15, 0.2) is 249 Å². The summed E-state index contributed by atoms with van der Waals surface area (Å²) < 4.78 is 7.05. The molecule has 13 aromatic rings. The zero-order chi connectivity index (χ0) is 43.6. The molecule has 13 rings (SSSR count). The van der Waals surface area contributed by atoms with E-state index in [-0.39, 0.29) is 0 Å². The van der Waals surface area contributed by atoms with Crippen molar-refractivity contribution < 1.29 is 0 Å². The molecule has 5 heteroatoms. The van der Waals surface area contributed by atoms with E-state index in [1.54, 1.807) is 0 Å². The minimum Gasteiger partial charge on any atom is -0.310 e. The van der Waals surface area contributed by atoms with E-state index in [2.05, 4.69) is 267 Å². The molecule has 0 aliphatic carbocycles. The third kappa shape index (κ3) is 6.21. The van der Waals surface area contributed by atoms with Crippen LogP contribution in [0.5, 0.6) is 0 Å². The summed E-state index contributed by atoms with van der Waals surface area (Å²) in [5.74, 6) is 0.856. The second kappa shape index (κ2) is 15.4. The summed E-state index contributed by atoms with van der Waals surface area (Å²) in [5, 5.41) is 2.47. The molecule has 0 aliphatic rings. The number of benzene rings is 10. The van der Waals surface area contributed by atoms with Crippen LogP contribution in [0.1, 0.15) is 0 Å². The van der Waals surface area contributed by atoms with Crippen molar-refractivity contribution in [1.29, 1.82) is 0 Å². The Morgan fingerprint density at radius 1 is 0.288 bits per heavy atom. The summed E-state index contributed by atoms with van der Waals surface area (Å²) in [5.41, 5.74) is 18.9. The fourth-order valence-corrected chi connectivity index (χ4v) is 9.91. The summed E-state index contributed by atoms with van der Waals surface area (Å²) in [6, 6.07) is 89.3. The van der Waals surface area contributed by atoms with Crippen LogP contribution in [0, 0.1) is 0 Å². The molecule has 0 bridgehead atoms. The zero-order valence-electron chi connectivity index (χ0n) is 35.9. The number of para-hydroxylation sites is 2. The van der Waals surface area contributed by atoms with E-state index in [4.69, 9.17) is 4.98 Å². The van der Waals surface area contributed by atoms with Gasteiger partial charge in [-0.1, -0.05) is 164 Å². The largest absolute Gasteiger partial charge is 0.310 e. The van der Waals surface area contributed by atoms with Crippen molar-refractivity contribution in [2.75, 3.05) is 4.90 Å². The topological polar surface area (TPSA) is 30.4 Å². The molecule has 0 N–H and O–H groups in total. The van der Waals surface area contributed by atoms with Gasteiger partial charge in [0, 0.05) is 39.2 Å². The first-order valence-corrected chi connectivity index (χ1v) is 22.5. The summed E-state index contributed by atoms with van der Waals surface area (Å²) in [6.07, 6.45) is 0. The smallest absolute Gasteiger partial charge is 0.220 e. The van der Waals surface area contributed by atoms with Crippen LogP contribution in [0.25, 0.3) is 94.4 Å². The Bertz CT molecular complexity index is 3750. The predicted molar refractivity (Wildman–Crippen MR) is 275 cm³/mol. The van der Waals surface area contributed by atoms with Gasteiger partial charge in [0.2, 0.25) is 5.78 Å². The molecular weight excluding hydrogens is 803 g/mol. The fraction of sp³-hybridized carbons (Fsp3) is 0. The molecule has 0 saturated heterocycles. The second-order valence-electron chi connectivity index (χ2n) is 16.9. The quantitative estimate of drug-likeness (QED) is 0.153. The second-order valence-corrected chi connectivity index (χ2v) is 16.9. The highest BCUT2D eigenvalue weighted by molar-refractivity contribution is 6.09. The van der Waals surface area contributed by atoms with Crippen molar-refractivity contribution in [2.24, 2.45) is 0 Å². The van der Waals surface area contributed by atoms with E-state index in [1.807, 2.05) is 0 Å². The lowest BCUT2D eigenvalue weighted by molar-refractivity contribution is 1.11. The van der Waals surface area contributed by atoms with Crippen LogP contribution < -0.4 is 4.90 Å². The number of imidazole rings is 2. The van der Waals surface area contributed by atoms with Gasteiger partial charge in [-0.05, 0) is 118 Å². The van der Waals surface area contributed by atoms with E-state index in [0.29, 0.717) is 0 Å². The molecule has 0 fully saturated rings. The number of anilines is 3. The van der Waals surface area contributed by atoms with Gasteiger partial charge in [0.25, 0.3) is 0 Å². The van der Waals surface area contributed by atoms with Gasteiger partial charge >= 0.3 is 0 Å². The standard InChI is InChI=1S/C61H41N5/c1-4-14-42(15-5-1)45-24-30-48(31-25-45)63(49-32-26-46(27-33-49)43-16-6-2-7-17-43)51-37-39-58-60(41-51)66-59-40-52(64-56-22-12-10-20-53(56)54-21-11-13-23-57(54)64)36-38-55(59)62-61(66)65(58)50-34-28-47(29-35-50)44-18-8-3-9-19-44/h1-41H. The Balaban J connectivity index is 1.03. The number of rotatable bonds is 8. The fourth-order valence-electron chi connectivity index (χ4n) is 9.91. The monoisotopic (exact) mass is 843 g/mol. The molecule has 0 saturated carbocycles. The van der Waals surface area contributed by atoms with E-state index >= 15 is 0 Å². The van der Waals surface area contributed by atoms with Crippen molar-refractivity contribution >= 4 is 66.7 Å².